The molecule has 1 fully saturated rings. The van der Waals surface area contributed by atoms with Gasteiger partial charge in [-0.3, -0.25) is 4.99 Å². The van der Waals surface area contributed by atoms with Crippen molar-refractivity contribution >= 4 is 5.96 Å². The predicted octanol–water partition coefficient (Wildman–Crippen LogP) is 4.09. The molecule has 0 spiro atoms. The Morgan fingerprint density at radius 3 is 2.53 bits per heavy atom. The molecule has 0 bridgehead atoms. The van der Waals surface area contributed by atoms with Gasteiger partial charge >= 0.3 is 0 Å². The van der Waals surface area contributed by atoms with Crippen molar-refractivity contribution in [3.05, 3.63) is 65.7 Å². The first kappa shape index (κ1) is 22.2. The summed E-state index contributed by atoms with van der Waals surface area (Å²) in [5.41, 5.74) is 2.49. The molecule has 1 heterocycles. The lowest BCUT2D eigenvalue weighted by Gasteiger charge is -2.29. The molecule has 1 saturated heterocycles. The van der Waals surface area contributed by atoms with E-state index >= 15 is 0 Å². The molecule has 1 aliphatic rings. The fraction of sp³-hybridized carbons (Fsp3) is 0.480. The molecule has 0 saturated carbocycles. The molecule has 162 valence electrons. The number of nitrogens with zero attached hydrogens (tertiary/aromatic N) is 2. The van der Waals surface area contributed by atoms with Crippen molar-refractivity contribution in [2.45, 2.75) is 32.3 Å². The molecule has 1 unspecified atom stereocenters. The van der Waals surface area contributed by atoms with E-state index in [-0.39, 0.29) is 5.41 Å². The van der Waals surface area contributed by atoms with Gasteiger partial charge < -0.3 is 19.7 Å². The summed E-state index contributed by atoms with van der Waals surface area (Å²) in [5, 5.41) is 3.59. The zero-order valence-electron chi connectivity index (χ0n) is 18.7. The van der Waals surface area contributed by atoms with E-state index in [9.17, 15) is 0 Å². The second kappa shape index (κ2) is 10.5. The fourth-order valence-electron chi connectivity index (χ4n) is 3.86. The number of rotatable bonds is 8. The van der Waals surface area contributed by atoms with Crippen LogP contribution in [-0.2, 0) is 16.8 Å². The second-order valence-corrected chi connectivity index (χ2v) is 8.61. The highest BCUT2D eigenvalue weighted by Crippen LogP contribution is 2.25. The maximum atomic E-state index is 5.96. The van der Waals surface area contributed by atoms with Gasteiger partial charge in [-0.05, 0) is 29.7 Å². The summed E-state index contributed by atoms with van der Waals surface area (Å²) in [7, 11) is 3.56. The number of aliphatic imine (C=N–C) groups is 1. The van der Waals surface area contributed by atoms with Gasteiger partial charge in [0.05, 0.1) is 20.3 Å². The van der Waals surface area contributed by atoms with Crippen LogP contribution >= 0.6 is 0 Å². The van der Waals surface area contributed by atoms with Crippen LogP contribution in [0.3, 0.4) is 0 Å². The minimum atomic E-state index is -0.0138. The number of nitrogens with one attached hydrogen (secondary N) is 1. The van der Waals surface area contributed by atoms with Gasteiger partial charge in [0, 0.05) is 38.0 Å². The topological polar surface area (TPSA) is 46.1 Å². The number of likely N-dealkylation sites (tertiary alicyclic amines) is 1. The molecule has 2 aromatic carbocycles. The van der Waals surface area contributed by atoms with Crippen LogP contribution in [0, 0.1) is 5.92 Å². The number of methoxy groups -OCH3 is 1. The Kier molecular flexibility index (Phi) is 7.75. The first-order valence-electron chi connectivity index (χ1n) is 10.7. The average molecular weight is 410 g/mol. The van der Waals surface area contributed by atoms with Crippen LogP contribution in [-0.4, -0.2) is 51.3 Å². The van der Waals surface area contributed by atoms with Gasteiger partial charge in [0.25, 0.3) is 0 Å². The maximum Gasteiger partial charge on any atom is 0.193 e. The Morgan fingerprint density at radius 1 is 1.13 bits per heavy atom. The first-order chi connectivity index (χ1) is 14.5. The lowest BCUT2D eigenvalue weighted by atomic mass is 9.84. The number of hydrogen-bond acceptors (Lipinski definition) is 3. The molecule has 3 rings (SSSR count). The summed E-state index contributed by atoms with van der Waals surface area (Å²) in [4.78, 5) is 6.87. The van der Waals surface area contributed by atoms with Crippen molar-refractivity contribution in [3.63, 3.8) is 0 Å². The lowest BCUT2D eigenvalue weighted by Crippen LogP contribution is -2.45. The van der Waals surface area contributed by atoms with Gasteiger partial charge in [-0.15, -0.1) is 0 Å². The monoisotopic (exact) mass is 409 g/mol. The van der Waals surface area contributed by atoms with Gasteiger partial charge in [0.2, 0.25) is 0 Å². The number of guanidine groups is 1. The zero-order valence-corrected chi connectivity index (χ0v) is 18.7. The molecular weight excluding hydrogens is 374 g/mol. The smallest absolute Gasteiger partial charge is 0.193 e. The van der Waals surface area contributed by atoms with E-state index in [1.54, 1.807) is 7.11 Å². The van der Waals surface area contributed by atoms with Gasteiger partial charge in [0.1, 0.15) is 5.75 Å². The fourth-order valence-corrected chi connectivity index (χ4v) is 3.86. The van der Waals surface area contributed by atoms with Crippen molar-refractivity contribution < 1.29 is 9.47 Å². The van der Waals surface area contributed by atoms with Crippen LogP contribution in [0.2, 0.25) is 0 Å². The standard InChI is InChI=1S/C25H35N3O2/c1-25(2,22-10-12-23(29-4)13-11-22)19-27-24(26-3)28-15-14-21(16-28)18-30-17-20-8-6-5-7-9-20/h5-13,21H,14-19H2,1-4H3,(H,26,27). The highest BCUT2D eigenvalue weighted by molar-refractivity contribution is 5.80. The van der Waals surface area contributed by atoms with Gasteiger partial charge in [-0.2, -0.15) is 0 Å². The highest BCUT2D eigenvalue weighted by atomic mass is 16.5. The van der Waals surface area contributed by atoms with Crippen molar-refractivity contribution in [3.8, 4) is 5.75 Å². The normalized spacial score (nSPS) is 17.3. The largest absolute Gasteiger partial charge is 0.497 e. The van der Waals surface area contributed by atoms with Gasteiger partial charge in [0.15, 0.2) is 5.96 Å². The Hall–Kier alpha value is -2.53. The molecule has 1 N–H and O–H groups in total. The molecule has 0 radical (unpaired) electrons. The number of benzene rings is 2. The molecule has 1 atom stereocenters. The molecule has 1 aliphatic heterocycles. The summed E-state index contributed by atoms with van der Waals surface area (Å²) in [6, 6.07) is 18.7. The van der Waals surface area contributed by atoms with Crippen LogP contribution in [0.15, 0.2) is 59.6 Å². The Morgan fingerprint density at radius 2 is 1.87 bits per heavy atom. The Bertz CT molecular complexity index is 803. The molecule has 0 aliphatic carbocycles. The summed E-state index contributed by atoms with van der Waals surface area (Å²) in [6.45, 7) is 8.79. The summed E-state index contributed by atoms with van der Waals surface area (Å²) in [5.74, 6) is 2.40. The summed E-state index contributed by atoms with van der Waals surface area (Å²) in [6.07, 6.45) is 1.14. The van der Waals surface area contributed by atoms with Crippen LogP contribution in [0.25, 0.3) is 0 Å². The maximum absolute atomic E-state index is 5.96. The molecule has 2 aromatic rings. The molecule has 5 heteroatoms. The number of ether oxygens (including phenoxy) is 2. The van der Waals surface area contributed by atoms with Crippen molar-refractivity contribution in [1.29, 1.82) is 0 Å². The summed E-state index contributed by atoms with van der Waals surface area (Å²) >= 11 is 0. The van der Waals surface area contributed by atoms with Crippen molar-refractivity contribution in [2.75, 3.05) is 40.4 Å². The molecule has 5 nitrogen and oxygen atoms in total. The molecule has 30 heavy (non-hydrogen) atoms. The average Bonchev–Trinajstić information content (AvgIpc) is 3.23. The van der Waals surface area contributed by atoms with Crippen molar-refractivity contribution in [2.24, 2.45) is 10.9 Å². The van der Waals surface area contributed by atoms with Gasteiger partial charge in [-0.25, -0.2) is 0 Å². The van der Waals surface area contributed by atoms with Crippen LogP contribution in [0.5, 0.6) is 5.75 Å². The third-order valence-corrected chi connectivity index (χ3v) is 5.82. The van der Waals surface area contributed by atoms with E-state index in [1.165, 1.54) is 11.1 Å². The Balaban J connectivity index is 1.46. The van der Waals surface area contributed by atoms with E-state index in [2.05, 4.69) is 65.5 Å². The minimum Gasteiger partial charge on any atom is -0.497 e. The SMILES string of the molecule is CN=C(NCC(C)(C)c1ccc(OC)cc1)N1CCC(COCc2ccccc2)C1. The van der Waals surface area contributed by atoms with E-state index in [0.29, 0.717) is 12.5 Å². The highest BCUT2D eigenvalue weighted by Gasteiger charge is 2.27. The van der Waals surface area contributed by atoms with Crippen LogP contribution < -0.4 is 10.1 Å². The molecular formula is C25H35N3O2. The van der Waals surface area contributed by atoms with Crippen molar-refractivity contribution in [1.82, 2.24) is 10.2 Å². The second-order valence-electron chi connectivity index (χ2n) is 8.61. The Labute approximate surface area is 181 Å². The minimum absolute atomic E-state index is 0.0138. The van der Waals surface area contributed by atoms with E-state index in [4.69, 9.17) is 9.47 Å². The van der Waals surface area contributed by atoms with Crippen LogP contribution in [0.4, 0.5) is 0 Å². The first-order valence-corrected chi connectivity index (χ1v) is 10.7. The lowest BCUT2D eigenvalue weighted by molar-refractivity contribution is 0.0906. The van der Waals surface area contributed by atoms with Crippen LogP contribution in [0.1, 0.15) is 31.4 Å². The van der Waals surface area contributed by atoms with E-state index in [1.807, 2.05) is 25.2 Å². The third-order valence-electron chi connectivity index (χ3n) is 5.82. The number of hydrogen-bond donors (Lipinski definition) is 1. The summed E-state index contributed by atoms with van der Waals surface area (Å²) < 4.78 is 11.2. The predicted molar refractivity (Wildman–Crippen MR) is 123 cm³/mol. The van der Waals surface area contributed by atoms with Gasteiger partial charge in [-0.1, -0.05) is 56.3 Å². The quantitative estimate of drug-likeness (QED) is 0.527. The molecule has 0 aromatic heterocycles. The van der Waals surface area contributed by atoms with E-state index < -0.39 is 0 Å². The third kappa shape index (κ3) is 5.99. The molecule has 0 amide bonds. The zero-order chi connectivity index (χ0) is 21.4. The van der Waals surface area contributed by atoms with E-state index in [0.717, 1.165) is 44.4 Å².